The third-order valence-corrected chi connectivity index (χ3v) is 3.94. The lowest BCUT2D eigenvalue weighted by molar-refractivity contribution is 0.0580. The highest BCUT2D eigenvalue weighted by atomic mass is 16.6. The van der Waals surface area contributed by atoms with E-state index in [2.05, 4.69) is 24.0 Å². The maximum atomic E-state index is 9.01. The molecular formula is C19H20N2O2. The molecule has 2 aromatic rings. The van der Waals surface area contributed by atoms with Crippen LogP contribution in [0.2, 0.25) is 0 Å². The van der Waals surface area contributed by atoms with Crippen LogP contribution in [0.3, 0.4) is 0 Å². The zero-order valence-electron chi connectivity index (χ0n) is 13.2. The Balaban J connectivity index is 1.63. The van der Waals surface area contributed by atoms with E-state index in [1.807, 2.05) is 42.5 Å². The van der Waals surface area contributed by atoms with E-state index in [9.17, 15) is 0 Å². The van der Waals surface area contributed by atoms with Crippen molar-refractivity contribution in [2.45, 2.75) is 19.6 Å². The van der Waals surface area contributed by atoms with Crippen LogP contribution in [0.15, 0.2) is 48.5 Å². The third-order valence-electron chi connectivity index (χ3n) is 3.94. The van der Waals surface area contributed by atoms with Crippen molar-refractivity contribution < 1.29 is 9.47 Å². The van der Waals surface area contributed by atoms with Crippen molar-refractivity contribution in [1.29, 1.82) is 5.26 Å². The minimum Gasteiger partial charge on any atom is -0.486 e. The SMILES string of the molecule is CCN(Cc1cccc(C#N)c1)C[C@@H]1COc2ccccc2O1. The van der Waals surface area contributed by atoms with E-state index in [1.165, 1.54) is 0 Å². The van der Waals surface area contributed by atoms with Crippen molar-refractivity contribution in [3.63, 3.8) is 0 Å². The number of hydrogen-bond acceptors (Lipinski definition) is 4. The van der Waals surface area contributed by atoms with Gasteiger partial charge in [-0.2, -0.15) is 5.26 Å². The van der Waals surface area contributed by atoms with E-state index in [1.54, 1.807) is 0 Å². The minimum absolute atomic E-state index is 0.0176. The van der Waals surface area contributed by atoms with Crippen molar-refractivity contribution in [2.75, 3.05) is 19.7 Å². The van der Waals surface area contributed by atoms with Gasteiger partial charge in [0, 0.05) is 13.1 Å². The Morgan fingerprint density at radius 1 is 1.17 bits per heavy atom. The number of likely N-dealkylation sites (N-methyl/N-ethyl adjacent to an activating group) is 1. The quantitative estimate of drug-likeness (QED) is 0.851. The van der Waals surface area contributed by atoms with Gasteiger partial charge in [0.1, 0.15) is 12.7 Å². The number of ether oxygens (including phenoxy) is 2. The highest BCUT2D eigenvalue weighted by Crippen LogP contribution is 2.31. The first-order valence-electron chi connectivity index (χ1n) is 7.88. The standard InChI is InChI=1S/C19H20N2O2/c1-2-21(12-16-7-5-6-15(10-16)11-20)13-17-14-22-18-8-3-4-9-19(18)23-17/h3-10,17H,2,12-14H2,1H3/t17-/m1/s1. The molecular weight excluding hydrogens is 288 g/mol. The summed E-state index contributed by atoms with van der Waals surface area (Å²) in [5, 5.41) is 9.01. The monoisotopic (exact) mass is 308 g/mol. The van der Waals surface area contributed by atoms with Gasteiger partial charge in [-0.05, 0) is 36.4 Å². The molecule has 0 N–H and O–H groups in total. The summed E-state index contributed by atoms with van der Waals surface area (Å²) in [5.41, 5.74) is 1.84. The van der Waals surface area contributed by atoms with Crippen LogP contribution in [0.1, 0.15) is 18.1 Å². The normalized spacial score (nSPS) is 16.1. The van der Waals surface area contributed by atoms with Gasteiger partial charge in [-0.3, -0.25) is 4.90 Å². The molecule has 1 heterocycles. The first-order chi connectivity index (χ1) is 11.3. The number of fused-ring (bicyclic) bond motifs is 1. The molecule has 0 saturated heterocycles. The van der Waals surface area contributed by atoms with E-state index in [0.717, 1.165) is 36.7 Å². The Bertz CT molecular complexity index is 709. The molecule has 23 heavy (non-hydrogen) atoms. The van der Waals surface area contributed by atoms with E-state index < -0.39 is 0 Å². The maximum absolute atomic E-state index is 9.01. The largest absolute Gasteiger partial charge is 0.486 e. The van der Waals surface area contributed by atoms with Crippen LogP contribution in [0.25, 0.3) is 0 Å². The molecule has 4 heteroatoms. The smallest absolute Gasteiger partial charge is 0.161 e. The summed E-state index contributed by atoms with van der Waals surface area (Å²) in [6.45, 7) is 5.20. The topological polar surface area (TPSA) is 45.5 Å². The zero-order chi connectivity index (χ0) is 16.1. The molecule has 1 aliphatic rings. The molecule has 0 fully saturated rings. The molecule has 0 amide bonds. The van der Waals surface area contributed by atoms with Crippen LogP contribution in [-0.4, -0.2) is 30.7 Å². The molecule has 1 atom stereocenters. The molecule has 1 aliphatic heterocycles. The summed E-state index contributed by atoms with van der Waals surface area (Å²) < 4.78 is 11.8. The van der Waals surface area contributed by atoms with Crippen LogP contribution < -0.4 is 9.47 Å². The fraction of sp³-hybridized carbons (Fsp3) is 0.316. The first-order valence-corrected chi connectivity index (χ1v) is 7.88. The number of benzene rings is 2. The van der Waals surface area contributed by atoms with Gasteiger partial charge in [-0.15, -0.1) is 0 Å². The van der Waals surface area contributed by atoms with Crippen LogP contribution >= 0.6 is 0 Å². The van der Waals surface area contributed by atoms with Gasteiger partial charge in [0.15, 0.2) is 11.5 Å². The summed E-state index contributed by atoms with van der Waals surface area (Å²) >= 11 is 0. The molecule has 2 aromatic carbocycles. The lowest BCUT2D eigenvalue weighted by Gasteiger charge is -2.30. The molecule has 3 rings (SSSR count). The molecule has 0 bridgehead atoms. The number of nitriles is 1. The average Bonchev–Trinajstić information content (AvgIpc) is 2.61. The maximum Gasteiger partial charge on any atom is 0.161 e. The first kappa shape index (κ1) is 15.4. The molecule has 0 aromatic heterocycles. The Hall–Kier alpha value is -2.51. The molecule has 4 nitrogen and oxygen atoms in total. The van der Waals surface area contributed by atoms with Gasteiger partial charge in [-0.25, -0.2) is 0 Å². The molecule has 0 spiro atoms. The number of para-hydroxylation sites is 2. The molecule has 0 aliphatic carbocycles. The average molecular weight is 308 g/mol. The summed E-state index contributed by atoms with van der Waals surface area (Å²) in [4.78, 5) is 2.30. The fourth-order valence-electron chi connectivity index (χ4n) is 2.74. The van der Waals surface area contributed by atoms with E-state index >= 15 is 0 Å². The predicted molar refractivity (Wildman–Crippen MR) is 88.5 cm³/mol. The second-order valence-electron chi connectivity index (χ2n) is 5.64. The van der Waals surface area contributed by atoms with Crippen molar-refractivity contribution in [3.8, 4) is 17.6 Å². The fourth-order valence-corrected chi connectivity index (χ4v) is 2.74. The second kappa shape index (κ2) is 7.17. The summed E-state index contributed by atoms with van der Waals surface area (Å²) in [5.74, 6) is 1.62. The van der Waals surface area contributed by atoms with Gasteiger partial charge in [0.25, 0.3) is 0 Å². The van der Waals surface area contributed by atoms with Gasteiger partial charge >= 0.3 is 0 Å². The van der Waals surface area contributed by atoms with Crippen LogP contribution in [0.4, 0.5) is 0 Å². The van der Waals surface area contributed by atoms with E-state index in [4.69, 9.17) is 14.7 Å². The highest BCUT2D eigenvalue weighted by molar-refractivity contribution is 5.40. The number of rotatable bonds is 5. The summed E-state index contributed by atoms with van der Waals surface area (Å²) in [6, 6.07) is 17.7. The Labute approximate surface area is 136 Å². The minimum atomic E-state index is 0.0176. The number of nitrogens with zero attached hydrogens (tertiary/aromatic N) is 2. The number of hydrogen-bond donors (Lipinski definition) is 0. The van der Waals surface area contributed by atoms with Crippen LogP contribution in [-0.2, 0) is 6.54 Å². The lowest BCUT2D eigenvalue weighted by atomic mass is 10.1. The zero-order valence-corrected chi connectivity index (χ0v) is 13.2. The molecule has 0 radical (unpaired) electrons. The predicted octanol–water partition coefficient (Wildman–Crippen LogP) is 3.22. The van der Waals surface area contributed by atoms with Crippen molar-refractivity contribution in [1.82, 2.24) is 4.90 Å². The highest BCUT2D eigenvalue weighted by Gasteiger charge is 2.22. The molecule has 0 saturated carbocycles. The van der Waals surface area contributed by atoms with Gasteiger partial charge in [-0.1, -0.05) is 31.2 Å². The Morgan fingerprint density at radius 3 is 2.78 bits per heavy atom. The second-order valence-corrected chi connectivity index (χ2v) is 5.64. The van der Waals surface area contributed by atoms with Gasteiger partial charge in [0.05, 0.1) is 11.6 Å². The van der Waals surface area contributed by atoms with Crippen LogP contribution in [0.5, 0.6) is 11.5 Å². The van der Waals surface area contributed by atoms with E-state index in [-0.39, 0.29) is 6.10 Å². The Kier molecular flexibility index (Phi) is 4.80. The van der Waals surface area contributed by atoms with E-state index in [0.29, 0.717) is 12.2 Å². The Morgan fingerprint density at radius 2 is 2.00 bits per heavy atom. The summed E-state index contributed by atoms with van der Waals surface area (Å²) in [6.07, 6.45) is 0.0176. The summed E-state index contributed by atoms with van der Waals surface area (Å²) in [7, 11) is 0. The van der Waals surface area contributed by atoms with Crippen molar-refractivity contribution in [3.05, 3.63) is 59.7 Å². The van der Waals surface area contributed by atoms with Gasteiger partial charge in [0.2, 0.25) is 0 Å². The van der Waals surface area contributed by atoms with Crippen LogP contribution in [0, 0.1) is 11.3 Å². The molecule has 118 valence electrons. The van der Waals surface area contributed by atoms with Crippen molar-refractivity contribution >= 4 is 0 Å². The van der Waals surface area contributed by atoms with Gasteiger partial charge < -0.3 is 9.47 Å². The molecule has 0 unspecified atom stereocenters. The van der Waals surface area contributed by atoms with Crippen molar-refractivity contribution in [2.24, 2.45) is 0 Å². The third kappa shape index (κ3) is 3.82. The lowest BCUT2D eigenvalue weighted by Crippen LogP contribution is -2.40.